The van der Waals surface area contributed by atoms with Crippen molar-refractivity contribution in [3.05, 3.63) is 64.1 Å². The summed E-state index contributed by atoms with van der Waals surface area (Å²) in [6.07, 6.45) is 0. The molecule has 1 aliphatic heterocycles. The Kier molecular flexibility index (Phi) is 4.74. The molecular weight excluding hydrogens is 362 g/mol. The maximum atomic E-state index is 12.2. The van der Waals surface area contributed by atoms with Crippen LogP contribution in [0.25, 0.3) is 0 Å². The minimum absolute atomic E-state index is 0.0858. The van der Waals surface area contributed by atoms with E-state index in [1.54, 1.807) is 18.9 Å². The lowest BCUT2D eigenvalue weighted by atomic mass is 10.1. The SMILES string of the molecule is COc1ccc(CN2C(=O)CSC2c2ccc(Br)cc2)cc1. The third-order valence-electron chi connectivity index (χ3n) is 3.64. The second kappa shape index (κ2) is 6.75. The number of amides is 1. The van der Waals surface area contributed by atoms with Gasteiger partial charge < -0.3 is 9.64 Å². The third-order valence-corrected chi connectivity index (χ3v) is 5.42. The van der Waals surface area contributed by atoms with Crippen LogP contribution >= 0.6 is 27.7 Å². The molecule has 1 aliphatic rings. The molecule has 1 atom stereocenters. The number of carbonyl (C=O) groups is 1. The summed E-state index contributed by atoms with van der Waals surface area (Å²) >= 11 is 5.13. The van der Waals surface area contributed by atoms with E-state index in [0.29, 0.717) is 12.3 Å². The molecule has 0 N–H and O–H groups in total. The summed E-state index contributed by atoms with van der Waals surface area (Å²) in [5, 5.41) is 0.0858. The summed E-state index contributed by atoms with van der Waals surface area (Å²) in [5.74, 6) is 1.56. The van der Waals surface area contributed by atoms with E-state index >= 15 is 0 Å². The first kappa shape index (κ1) is 15.4. The van der Waals surface area contributed by atoms with E-state index in [2.05, 4.69) is 28.1 Å². The molecule has 1 amide bonds. The van der Waals surface area contributed by atoms with Gasteiger partial charge in [-0.05, 0) is 35.4 Å². The molecule has 114 valence electrons. The van der Waals surface area contributed by atoms with Crippen LogP contribution in [0.4, 0.5) is 0 Å². The van der Waals surface area contributed by atoms with Crippen molar-refractivity contribution in [3.8, 4) is 5.75 Å². The fourth-order valence-corrected chi connectivity index (χ4v) is 3.91. The van der Waals surface area contributed by atoms with Crippen LogP contribution in [-0.4, -0.2) is 23.7 Å². The molecule has 0 spiro atoms. The predicted octanol–water partition coefficient (Wildman–Crippen LogP) is 4.23. The van der Waals surface area contributed by atoms with Crippen molar-refractivity contribution < 1.29 is 9.53 Å². The van der Waals surface area contributed by atoms with Gasteiger partial charge in [0, 0.05) is 11.0 Å². The second-order valence-corrected chi connectivity index (χ2v) is 7.07. The molecule has 5 heteroatoms. The van der Waals surface area contributed by atoms with Crippen LogP contribution in [0.1, 0.15) is 16.5 Å². The number of carbonyl (C=O) groups excluding carboxylic acids is 1. The van der Waals surface area contributed by atoms with Crippen LogP contribution in [0.15, 0.2) is 53.0 Å². The standard InChI is InChI=1S/C17H16BrNO2S/c1-21-15-8-2-12(3-9-15)10-19-16(20)11-22-17(19)13-4-6-14(18)7-5-13/h2-9,17H,10-11H2,1H3. The van der Waals surface area contributed by atoms with Gasteiger partial charge in [0.15, 0.2) is 0 Å². The Labute approximate surface area is 142 Å². The van der Waals surface area contributed by atoms with Crippen molar-refractivity contribution >= 4 is 33.6 Å². The summed E-state index contributed by atoms with van der Waals surface area (Å²) < 4.78 is 6.22. The first-order valence-corrected chi connectivity index (χ1v) is 8.81. The number of ether oxygens (including phenoxy) is 1. The fourth-order valence-electron chi connectivity index (χ4n) is 2.46. The molecule has 22 heavy (non-hydrogen) atoms. The van der Waals surface area contributed by atoms with Gasteiger partial charge in [-0.15, -0.1) is 11.8 Å². The quantitative estimate of drug-likeness (QED) is 0.798. The zero-order chi connectivity index (χ0) is 15.5. The Balaban J connectivity index is 1.79. The molecule has 0 aliphatic carbocycles. The predicted molar refractivity (Wildman–Crippen MR) is 92.9 cm³/mol. The molecule has 0 aromatic heterocycles. The normalized spacial score (nSPS) is 17.8. The van der Waals surface area contributed by atoms with Gasteiger partial charge in [0.25, 0.3) is 0 Å². The van der Waals surface area contributed by atoms with Gasteiger partial charge >= 0.3 is 0 Å². The van der Waals surface area contributed by atoms with E-state index in [0.717, 1.165) is 21.3 Å². The van der Waals surface area contributed by atoms with Gasteiger partial charge in [0.1, 0.15) is 11.1 Å². The number of halogens is 1. The number of thioether (sulfide) groups is 1. The Morgan fingerprint density at radius 3 is 2.50 bits per heavy atom. The van der Waals surface area contributed by atoms with E-state index in [4.69, 9.17) is 4.74 Å². The topological polar surface area (TPSA) is 29.5 Å². The molecule has 1 heterocycles. The van der Waals surface area contributed by atoms with Crippen LogP contribution in [-0.2, 0) is 11.3 Å². The molecule has 1 unspecified atom stereocenters. The summed E-state index contributed by atoms with van der Waals surface area (Å²) in [6, 6.07) is 16.0. The first-order valence-electron chi connectivity index (χ1n) is 6.97. The van der Waals surface area contributed by atoms with Crippen LogP contribution in [0, 0.1) is 0 Å². The lowest BCUT2D eigenvalue weighted by molar-refractivity contribution is -0.128. The fraction of sp³-hybridized carbons (Fsp3) is 0.235. The summed E-state index contributed by atoms with van der Waals surface area (Å²) in [4.78, 5) is 14.2. The molecule has 0 bridgehead atoms. The molecule has 0 saturated carbocycles. The van der Waals surface area contributed by atoms with E-state index < -0.39 is 0 Å². The minimum Gasteiger partial charge on any atom is -0.497 e. The van der Waals surface area contributed by atoms with Gasteiger partial charge in [-0.25, -0.2) is 0 Å². The van der Waals surface area contributed by atoms with Gasteiger partial charge in [-0.2, -0.15) is 0 Å². The lowest BCUT2D eigenvalue weighted by Crippen LogP contribution is -2.27. The van der Waals surface area contributed by atoms with Crippen LogP contribution in [0.3, 0.4) is 0 Å². The average molecular weight is 378 g/mol. The highest BCUT2D eigenvalue weighted by molar-refractivity contribution is 9.10. The number of rotatable bonds is 4. The lowest BCUT2D eigenvalue weighted by Gasteiger charge is -2.24. The molecule has 1 saturated heterocycles. The van der Waals surface area contributed by atoms with Crippen LogP contribution in [0.2, 0.25) is 0 Å². The maximum absolute atomic E-state index is 12.2. The molecule has 2 aromatic rings. The van der Waals surface area contributed by atoms with Gasteiger partial charge in [0.2, 0.25) is 5.91 Å². The number of hydrogen-bond donors (Lipinski definition) is 0. The molecule has 0 radical (unpaired) electrons. The summed E-state index contributed by atoms with van der Waals surface area (Å²) in [5.41, 5.74) is 2.27. The molecule has 3 nitrogen and oxygen atoms in total. The first-order chi connectivity index (χ1) is 10.7. The van der Waals surface area contributed by atoms with Crippen LogP contribution in [0.5, 0.6) is 5.75 Å². The molecular formula is C17H16BrNO2S. The van der Waals surface area contributed by atoms with E-state index in [-0.39, 0.29) is 11.3 Å². The largest absolute Gasteiger partial charge is 0.497 e. The van der Waals surface area contributed by atoms with Gasteiger partial charge in [-0.3, -0.25) is 4.79 Å². The molecule has 1 fully saturated rings. The Bertz CT molecular complexity index is 657. The van der Waals surface area contributed by atoms with E-state index in [9.17, 15) is 4.79 Å². The van der Waals surface area contributed by atoms with E-state index in [1.807, 2.05) is 41.3 Å². The Morgan fingerprint density at radius 2 is 1.86 bits per heavy atom. The summed E-state index contributed by atoms with van der Waals surface area (Å²) in [7, 11) is 1.65. The number of methoxy groups -OCH3 is 1. The highest BCUT2D eigenvalue weighted by Gasteiger charge is 2.32. The van der Waals surface area contributed by atoms with Crippen molar-refractivity contribution in [1.82, 2.24) is 4.90 Å². The van der Waals surface area contributed by atoms with Gasteiger partial charge in [-0.1, -0.05) is 40.2 Å². The van der Waals surface area contributed by atoms with Crippen molar-refractivity contribution in [2.24, 2.45) is 0 Å². The second-order valence-electron chi connectivity index (χ2n) is 5.08. The van der Waals surface area contributed by atoms with Gasteiger partial charge in [0.05, 0.1) is 12.9 Å². The monoisotopic (exact) mass is 377 g/mol. The van der Waals surface area contributed by atoms with E-state index in [1.165, 1.54) is 0 Å². The minimum atomic E-state index is 0.0858. The Morgan fingerprint density at radius 1 is 1.18 bits per heavy atom. The van der Waals surface area contributed by atoms with Crippen molar-refractivity contribution in [2.75, 3.05) is 12.9 Å². The Hall–Kier alpha value is -1.46. The molecule has 3 rings (SSSR count). The van der Waals surface area contributed by atoms with Crippen LogP contribution < -0.4 is 4.74 Å². The maximum Gasteiger partial charge on any atom is 0.234 e. The van der Waals surface area contributed by atoms with Crippen molar-refractivity contribution in [2.45, 2.75) is 11.9 Å². The average Bonchev–Trinajstić information content (AvgIpc) is 2.90. The number of benzene rings is 2. The zero-order valence-electron chi connectivity index (χ0n) is 12.2. The number of hydrogen-bond acceptors (Lipinski definition) is 3. The van der Waals surface area contributed by atoms with Crippen molar-refractivity contribution in [1.29, 1.82) is 0 Å². The molecule has 2 aromatic carbocycles. The zero-order valence-corrected chi connectivity index (χ0v) is 14.6. The number of nitrogens with zero attached hydrogens (tertiary/aromatic N) is 1. The summed E-state index contributed by atoms with van der Waals surface area (Å²) in [6.45, 7) is 0.622. The highest BCUT2D eigenvalue weighted by Crippen LogP contribution is 2.39. The van der Waals surface area contributed by atoms with Crippen molar-refractivity contribution in [3.63, 3.8) is 0 Å². The third kappa shape index (κ3) is 3.31. The highest BCUT2D eigenvalue weighted by atomic mass is 79.9. The smallest absolute Gasteiger partial charge is 0.234 e.